The van der Waals surface area contributed by atoms with Gasteiger partial charge in [-0.2, -0.15) is 0 Å². The summed E-state index contributed by atoms with van der Waals surface area (Å²) in [4.78, 5) is 13.1. The van der Waals surface area contributed by atoms with Crippen LogP contribution < -0.4 is 10.1 Å². The normalized spacial score (nSPS) is 32.9. The van der Waals surface area contributed by atoms with Crippen LogP contribution in [-0.4, -0.2) is 22.7 Å². The molecule has 4 unspecified atom stereocenters. The molecule has 1 N–H and O–H groups in total. The van der Waals surface area contributed by atoms with E-state index in [9.17, 15) is 4.79 Å². The minimum absolute atomic E-state index is 0.0568. The maximum atomic E-state index is 13.1. The molecular weight excluding hydrogens is 388 g/mol. The molecular formula is C23H27ClN2O3. The number of halogens is 1. The van der Waals surface area contributed by atoms with Gasteiger partial charge in [-0.3, -0.25) is 4.79 Å². The summed E-state index contributed by atoms with van der Waals surface area (Å²) < 4.78 is 11.6. The fraction of sp³-hybridized carbons (Fsp3) is 0.565. The number of nitrogens with zero attached hydrogens (tertiary/aromatic N) is 1. The van der Waals surface area contributed by atoms with Gasteiger partial charge in [0.2, 0.25) is 0 Å². The van der Waals surface area contributed by atoms with E-state index in [0.717, 1.165) is 24.5 Å². The molecule has 154 valence electrons. The topological polar surface area (TPSA) is 64.4 Å². The van der Waals surface area contributed by atoms with E-state index in [2.05, 4.69) is 10.5 Å². The van der Waals surface area contributed by atoms with E-state index >= 15 is 0 Å². The molecule has 1 heterocycles. The number of benzene rings is 1. The van der Waals surface area contributed by atoms with Gasteiger partial charge in [0.15, 0.2) is 5.60 Å². The molecule has 4 fully saturated rings. The zero-order valence-electron chi connectivity index (χ0n) is 16.9. The number of amides is 1. The van der Waals surface area contributed by atoms with Crippen molar-refractivity contribution in [2.45, 2.75) is 63.0 Å². The highest BCUT2D eigenvalue weighted by Crippen LogP contribution is 2.60. The first-order chi connectivity index (χ1) is 13.8. The van der Waals surface area contributed by atoms with E-state index in [1.54, 1.807) is 30.5 Å². The summed E-state index contributed by atoms with van der Waals surface area (Å²) in [5.41, 5.74) is -0.839. The number of rotatable bonds is 5. The predicted molar refractivity (Wildman–Crippen MR) is 110 cm³/mol. The highest BCUT2D eigenvalue weighted by Gasteiger charge is 2.58. The molecule has 6 heteroatoms. The van der Waals surface area contributed by atoms with Gasteiger partial charge in [0.1, 0.15) is 11.5 Å². The fourth-order valence-corrected chi connectivity index (χ4v) is 6.35. The molecule has 5 nitrogen and oxygen atoms in total. The maximum absolute atomic E-state index is 13.1. The van der Waals surface area contributed by atoms with Gasteiger partial charge < -0.3 is 14.6 Å². The molecule has 4 bridgehead atoms. The Labute approximate surface area is 176 Å². The van der Waals surface area contributed by atoms with E-state index in [4.69, 9.17) is 20.9 Å². The van der Waals surface area contributed by atoms with Crippen LogP contribution in [-0.2, 0) is 10.2 Å². The standard InChI is InChI=1S/C23H27ClN2O3/c1-22(2,28-18-5-3-17(24)4-6-18)21(27)26-20-15-9-14-10-16(20)13-23(11-14,12-15)19-7-8-25-29-19/h3-8,14-16,20H,9-13H2,1-2H3,(H,26,27)/t14?,15-,16?,20?,23?/m0/s1. The lowest BCUT2D eigenvalue weighted by Crippen LogP contribution is -2.62. The third-order valence-electron chi connectivity index (χ3n) is 7.26. The van der Waals surface area contributed by atoms with Crippen molar-refractivity contribution in [1.29, 1.82) is 0 Å². The Morgan fingerprint density at radius 1 is 1.17 bits per heavy atom. The molecule has 1 aromatic heterocycles. The maximum Gasteiger partial charge on any atom is 0.263 e. The van der Waals surface area contributed by atoms with Crippen LogP contribution in [0.15, 0.2) is 41.1 Å². The number of hydrogen-bond donors (Lipinski definition) is 1. The van der Waals surface area contributed by atoms with Gasteiger partial charge in [-0.25, -0.2) is 0 Å². The number of nitrogens with one attached hydrogen (secondary N) is 1. The Morgan fingerprint density at radius 3 is 2.48 bits per heavy atom. The van der Waals surface area contributed by atoms with Crippen molar-refractivity contribution < 1.29 is 14.1 Å². The predicted octanol–water partition coefficient (Wildman–Crippen LogP) is 4.75. The van der Waals surface area contributed by atoms with Gasteiger partial charge in [0.05, 0.1) is 6.20 Å². The van der Waals surface area contributed by atoms with Crippen molar-refractivity contribution in [2.24, 2.45) is 17.8 Å². The zero-order valence-corrected chi connectivity index (χ0v) is 17.6. The molecule has 0 radical (unpaired) electrons. The summed E-state index contributed by atoms with van der Waals surface area (Å²) in [5, 5.41) is 7.96. The Bertz CT molecular complexity index is 877. The highest BCUT2D eigenvalue weighted by atomic mass is 35.5. The number of carbonyl (C=O) groups excluding carboxylic acids is 1. The zero-order chi connectivity index (χ0) is 20.2. The molecule has 29 heavy (non-hydrogen) atoms. The van der Waals surface area contributed by atoms with Crippen molar-refractivity contribution in [3.8, 4) is 5.75 Å². The number of ether oxygens (including phenoxy) is 1. The van der Waals surface area contributed by atoms with Crippen LogP contribution in [0.1, 0.15) is 51.7 Å². The molecule has 2 aromatic rings. The monoisotopic (exact) mass is 414 g/mol. The summed E-state index contributed by atoms with van der Waals surface area (Å²) in [6, 6.07) is 9.37. The molecule has 0 saturated heterocycles. The molecule has 4 aliphatic rings. The van der Waals surface area contributed by atoms with Crippen molar-refractivity contribution in [2.75, 3.05) is 0 Å². The second kappa shape index (κ2) is 6.76. The van der Waals surface area contributed by atoms with Crippen LogP contribution in [0.5, 0.6) is 5.75 Å². The smallest absolute Gasteiger partial charge is 0.263 e. The van der Waals surface area contributed by atoms with Gasteiger partial charge >= 0.3 is 0 Å². The van der Waals surface area contributed by atoms with Crippen molar-refractivity contribution in [3.63, 3.8) is 0 Å². The fourth-order valence-electron chi connectivity index (χ4n) is 6.22. The first-order valence-corrected chi connectivity index (χ1v) is 10.9. The minimum atomic E-state index is -0.953. The summed E-state index contributed by atoms with van der Waals surface area (Å²) in [5.74, 6) is 3.32. The van der Waals surface area contributed by atoms with E-state index < -0.39 is 5.60 Å². The Balaban J connectivity index is 1.30. The quantitative estimate of drug-likeness (QED) is 0.766. The SMILES string of the molecule is CC(C)(Oc1ccc(Cl)cc1)C(=O)NC1C2CC3C[C@H]1CC(c1ccno1)(C3)C2. The largest absolute Gasteiger partial charge is 0.478 e. The average molecular weight is 415 g/mol. The van der Waals surface area contributed by atoms with Crippen molar-refractivity contribution in [3.05, 3.63) is 47.3 Å². The second-order valence-corrected chi connectivity index (χ2v) is 10.1. The molecule has 0 aliphatic heterocycles. The molecule has 1 amide bonds. The first-order valence-electron chi connectivity index (χ1n) is 10.5. The van der Waals surface area contributed by atoms with Gasteiger partial charge in [0.25, 0.3) is 5.91 Å². The summed E-state index contributed by atoms with van der Waals surface area (Å²) in [7, 11) is 0. The van der Waals surface area contributed by atoms with Gasteiger partial charge in [-0.15, -0.1) is 0 Å². The Kier molecular flexibility index (Phi) is 4.43. The van der Waals surface area contributed by atoms with E-state index in [1.165, 1.54) is 19.3 Å². The van der Waals surface area contributed by atoms with Crippen LogP contribution in [0.4, 0.5) is 0 Å². The Morgan fingerprint density at radius 2 is 1.86 bits per heavy atom. The summed E-state index contributed by atoms with van der Waals surface area (Å²) >= 11 is 5.95. The third-order valence-corrected chi connectivity index (χ3v) is 7.52. The highest BCUT2D eigenvalue weighted by molar-refractivity contribution is 6.30. The van der Waals surface area contributed by atoms with Crippen LogP contribution in [0.25, 0.3) is 0 Å². The number of hydrogen-bond acceptors (Lipinski definition) is 4. The summed E-state index contributed by atoms with van der Waals surface area (Å²) in [6.07, 6.45) is 7.47. The minimum Gasteiger partial charge on any atom is -0.478 e. The number of aromatic nitrogens is 1. The van der Waals surface area contributed by atoms with Crippen LogP contribution in [0.2, 0.25) is 5.02 Å². The Hall–Kier alpha value is -2.01. The van der Waals surface area contributed by atoms with Crippen molar-refractivity contribution in [1.82, 2.24) is 10.5 Å². The molecule has 4 saturated carbocycles. The summed E-state index contributed by atoms with van der Waals surface area (Å²) in [6.45, 7) is 3.64. The van der Waals surface area contributed by atoms with E-state index in [1.807, 2.05) is 19.9 Å². The second-order valence-electron chi connectivity index (χ2n) is 9.69. The van der Waals surface area contributed by atoms with E-state index in [0.29, 0.717) is 22.6 Å². The molecule has 5 atom stereocenters. The lowest BCUT2D eigenvalue weighted by Gasteiger charge is -2.59. The lowest BCUT2D eigenvalue weighted by molar-refractivity contribution is -0.139. The van der Waals surface area contributed by atoms with Gasteiger partial charge in [-0.05, 0) is 88.0 Å². The molecule has 1 aromatic carbocycles. The average Bonchev–Trinajstić information content (AvgIpc) is 3.21. The molecule has 0 spiro atoms. The number of carbonyl (C=O) groups is 1. The van der Waals surface area contributed by atoms with E-state index in [-0.39, 0.29) is 17.4 Å². The van der Waals surface area contributed by atoms with Gasteiger partial charge in [-0.1, -0.05) is 16.8 Å². The van der Waals surface area contributed by atoms with Crippen molar-refractivity contribution >= 4 is 17.5 Å². The lowest BCUT2D eigenvalue weighted by atomic mass is 9.47. The molecule has 6 rings (SSSR count). The molecule has 4 aliphatic carbocycles. The third kappa shape index (κ3) is 3.33. The first kappa shape index (κ1) is 19.0. The van der Waals surface area contributed by atoms with Crippen LogP contribution >= 0.6 is 11.6 Å². The van der Waals surface area contributed by atoms with Crippen LogP contribution in [0.3, 0.4) is 0 Å². The van der Waals surface area contributed by atoms with Gasteiger partial charge in [0, 0.05) is 22.5 Å². The van der Waals surface area contributed by atoms with Crippen LogP contribution in [0, 0.1) is 17.8 Å².